The molecule has 112 valence electrons. The van der Waals surface area contributed by atoms with E-state index in [2.05, 4.69) is 46.9 Å². The van der Waals surface area contributed by atoms with Crippen molar-refractivity contribution in [1.29, 1.82) is 0 Å². The van der Waals surface area contributed by atoms with E-state index in [1.165, 1.54) is 12.1 Å². The minimum absolute atomic E-state index is 0.171. The topological polar surface area (TPSA) is 34.1 Å². The Balaban J connectivity index is 2.32. The summed E-state index contributed by atoms with van der Waals surface area (Å²) in [5, 5.41) is 2.81. The van der Waals surface area contributed by atoms with E-state index in [4.69, 9.17) is 0 Å². The molecule has 0 fully saturated rings. The van der Waals surface area contributed by atoms with Gasteiger partial charge in [-0.25, -0.2) is 4.98 Å². The maximum atomic E-state index is 12.4. The van der Waals surface area contributed by atoms with E-state index in [9.17, 15) is 13.2 Å². The Hall–Kier alpha value is -1.28. The molecule has 0 saturated carbocycles. The van der Waals surface area contributed by atoms with E-state index >= 15 is 0 Å². The smallest absolute Gasteiger partial charge is 0.404 e. The summed E-state index contributed by atoms with van der Waals surface area (Å²) in [5.41, 5.74) is 1.08. The highest BCUT2D eigenvalue weighted by molar-refractivity contribution is 9.10. The van der Waals surface area contributed by atoms with Crippen molar-refractivity contribution in [3.05, 3.63) is 45.0 Å². The normalized spacial score (nSPS) is 11.3. The first-order valence-electron chi connectivity index (χ1n) is 5.69. The number of hydrogen-bond acceptors (Lipinski definition) is 3. The van der Waals surface area contributed by atoms with Crippen LogP contribution in [0.5, 0.6) is 5.75 Å². The number of ether oxygens (including phenoxy) is 1. The molecule has 0 unspecified atom stereocenters. The van der Waals surface area contributed by atoms with Gasteiger partial charge in [0, 0.05) is 15.1 Å². The summed E-state index contributed by atoms with van der Waals surface area (Å²) in [6.45, 7) is 1.85. The zero-order chi connectivity index (χ0) is 15.6. The average molecular weight is 426 g/mol. The molecular weight excluding hydrogens is 417 g/mol. The highest BCUT2D eigenvalue weighted by Crippen LogP contribution is 2.34. The largest absolute Gasteiger partial charge is 0.573 e. The van der Waals surface area contributed by atoms with Gasteiger partial charge in [-0.2, -0.15) is 0 Å². The first-order valence-corrected chi connectivity index (χ1v) is 7.28. The van der Waals surface area contributed by atoms with Gasteiger partial charge in [-0.05, 0) is 52.7 Å². The summed E-state index contributed by atoms with van der Waals surface area (Å²) >= 11 is 6.42. The van der Waals surface area contributed by atoms with Gasteiger partial charge in [0.25, 0.3) is 0 Å². The molecule has 1 N–H and O–H groups in total. The minimum atomic E-state index is -4.76. The van der Waals surface area contributed by atoms with Gasteiger partial charge in [-0.15, -0.1) is 13.2 Å². The summed E-state index contributed by atoms with van der Waals surface area (Å²) in [6, 6.07) is 6.03. The number of alkyl halides is 3. The lowest BCUT2D eigenvalue weighted by molar-refractivity contribution is -0.274. The second-order valence-electron chi connectivity index (χ2n) is 4.13. The van der Waals surface area contributed by atoms with Gasteiger partial charge in [0.2, 0.25) is 0 Å². The molecule has 2 rings (SSSR count). The first kappa shape index (κ1) is 16.1. The van der Waals surface area contributed by atoms with Gasteiger partial charge in [0.15, 0.2) is 5.75 Å². The molecule has 0 bridgehead atoms. The van der Waals surface area contributed by atoms with Crippen LogP contribution in [0.4, 0.5) is 24.7 Å². The summed E-state index contributed by atoms with van der Waals surface area (Å²) in [5.74, 6) is 0.0873. The molecule has 1 aromatic heterocycles. The van der Waals surface area contributed by atoms with Crippen LogP contribution < -0.4 is 10.1 Å². The summed E-state index contributed by atoms with van der Waals surface area (Å²) in [4.78, 5) is 4.09. The van der Waals surface area contributed by atoms with Crippen molar-refractivity contribution in [2.75, 3.05) is 5.32 Å². The van der Waals surface area contributed by atoms with E-state index in [0.29, 0.717) is 10.3 Å². The Labute approximate surface area is 135 Å². The lowest BCUT2D eigenvalue weighted by atomic mass is 10.2. The van der Waals surface area contributed by atoms with Crippen molar-refractivity contribution in [3.63, 3.8) is 0 Å². The number of nitrogens with one attached hydrogen (secondary N) is 1. The minimum Gasteiger partial charge on any atom is -0.404 e. The molecule has 0 amide bonds. The molecule has 0 aliphatic heterocycles. The zero-order valence-corrected chi connectivity index (χ0v) is 13.8. The number of hydrogen-bond donors (Lipinski definition) is 1. The van der Waals surface area contributed by atoms with Gasteiger partial charge in [-0.1, -0.05) is 15.9 Å². The molecule has 21 heavy (non-hydrogen) atoms. The molecule has 1 aromatic carbocycles. The molecule has 8 heteroatoms. The third-order valence-corrected chi connectivity index (χ3v) is 3.80. The Morgan fingerprint density at radius 1 is 1.19 bits per heavy atom. The highest BCUT2D eigenvalue weighted by atomic mass is 79.9. The van der Waals surface area contributed by atoms with Crippen LogP contribution in [-0.4, -0.2) is 11.3 Å². The van der Waals surface area contributed by atoms with Crippen LogP contribution in [0.25, 0.3) is 0 Å². The van der Waals surface area contributed by atoms with Gasteiger partial charge >= 0.3 is 6.36 Å². The average Bonchev–Trinajstić information content (AvgIpc) is 2.35. The van der Waals surface area contributed by atoms with Crippen LogP contribution in [0.2, 0.25) is 0 Å². The van der Waals surface area contributed by atoms with Crippen molar-refractivity contribution in [2.24, 2.45) is 0 Å². The fourth-order valence-corrected chi connectivity index (χ4v) is 2.11. The first-order chi connectivity index (χ1) is 9.74. The van der Waals surface area contributed by atoms with Crippen LogP contribution in [0, 0.1) is 6.92 Å². The van der Waals surface area contributed by atoms with Gasteiger partial charge in [-0.3, -0.25) is 0 Å². The van der Waals surface area contributed by atoms with E-state index in [1.807, 2.05) is 6.92 Å². The predicted molar refractivity (Wildman–Crippen MR) is 80.8 cm³/mol. The maximum absolute atomic E-state index is 12.4. The maximum Gasteiger partial charge on any atom is 0.573 e. The van der Waals surface area contributed by atoms with Gasteiger partial charge in [0.05, 0.1) is 5.69 Å². The number of anilines is 2. The molecule has 0 spiro atoms. The van der Waals surface area contributed by atoms with E-state index in [0.717, 1.165) is 10.0 Å². The number of rotatable bonds is 3. The van der Waals surface area contributed by atoms with Crippen molar-refractivity contribution < 1.29 is 17.9 Å². The number of nitrogens with zero attached hydrogens (tertiary/aromatic N) is 1. The number of aromatic nitrogens is 1. The van der Waals surface area contributed by atoms with E-state index in [-0.39, 0.29) is 11.4 Å². The molecule has 0 aliphatic carbocycles. The van der Waals surface area contributed by atoms with Crippen molar-refractivity contribution >= 4 is 43.4 Å². The van der Waals surface area contributed by atoms with Crippen LogP contribution in [-0.2, 0) is 0 Å². The van der Waals surface area contributed by atoms with Gasteiger partial charge < -0.3 is 10.1 Å². The Kier molecular flexibility index (Phi) is 4.77. The van der Waals surface area contributed by atoms with Crippen LogP contribution in [0.15, 0.2) is 39.4 Å². The third kappa shape index (κ3) is 4.60. The molecule has 3 nitrogen and oxygen atoms in total. The monoisotopic (exact) mass is 424 g/mol. The molecule has 0 aliphatic rings. The molecule has 0 atom stereocenters. The van der Waals surface area contributed by atoms with Crippen molar-refractivity contribution in [3.8, 4) is 5.75 Å². The Bertz CT molecular complexity index is 662. The quantitative estimate of drug-likeness (QED) is 0.699. The third-order valence-electron chi connectivity index (χ3n) is 2.48. The highest BCUT2D eigenvalue weighted by Gasteiger charge is 2.32. The SMILES string of the molecule is Cc1cc(Nc2ccc(Br)cc2OC(F)(F)F)ncc1Br. The number of benzene rings is 1. The zero-order valence-electron chi connectivity index (χ0n) is 10.6. The molecular formula is C13H9Br2F3N2O. The second-order valence-corrected chi connectivity index (χ2v) is 5.90. The number of aryl methyl sites for hydroxylation is 1. The van der Waals surface area contributed by atoms with Gasteiger partial charge in [0.1, 0.15) is 5.82 Å². The van der Waals surface area contributed by atoms with Crippen molar-refractivity contribution in [2.45, 2.75) is 13.3 Å². The van der Waals surface area contributed by atoms with Crippen LogP contribution in [0.1, 0.15) is 5.56 Å². The summed E-state index contributed by atoms with van der Waals surface area (Å²) in [7, 11) is 0. The lowest BCUT2D eigenvalue weighted by Gasteiger charge is -2.15. The van der Waals surface area contributed by atoms with E-state index in [1.54, 1.807) is 18.3 Å². The number of pyridine rings is 1. The summed E-state index contributed by atoms with van der Waals surface area (Å²) < 4.78 is 42.6. The number of halogens is 5. The molecule has 2 aromatic rings. The summed E-state index contributed by atoms with van der Waals surface area (Å²) in [6.07, 6.45) is -3.19. The fraction of sp³-hybridized carbons (Fsp3) is 0.154. The second kappa shape index (κ2) is 6.23. The molecule has 0 radical (unpaired) electrons. The molecule has 0 saturated heterocycles. The standard InChI is InChI=1S/C13H9Br2F3N2O/c1-7-4-12(19-6-9(7)15)20-10-3-2-8(14)5-11(10)21-13(16,17)18/h2-6H,1H3,(H,19,20). The molecule has 1 heterocycles. The fourth-order valence-electron chi connectivity index (χ4n) is 1.55. The predicted octanol–water partition coefficient (Wildman–Crippen LogP) is 5.56. The van der Waals surface area contributed by atoms with Crippen LogP contribution >= 0.6 is 31.9 Å². The van der Waals surface area contributed by atoms with Crippen molar-refractivity contribution in [1.82, 2.24) is 4.98 Å². The van der Waals surface area contributed by atoms with Crippen LogP contribution in [0.3, 0.4) is 0 Å². The van der Waals surface area contributed by atoms with E-state index < -0.39 is 6.36 Å². The lowest BCUT2D eigenvalue weighted by Crippen LogP contribution is -2.18. The Morgan fingerprint density at radius 3 is 2.52 bits per heavy atom. The Morgan fingerprint density at radius 2 is 1.90 bits per heavy atom.